The van der Waals surface area contributed by atoms with Crippen LogP contribution in [0.3, 0.4) is 0 Å². The highest BCUT2D eigenvalue weighted by atomic mass is 32.1. The number of nitrogens with zero attached hydrogens (tertiary/aromatic N) is 3. The minimum atomic E-state index is -0.145. The zero-order valence-corrected chi connectivity index (χ0v) is 20.4. The number of hydrogen-bond acceptors (Lipinski definition) is 6. The third-order valence-corrected chi connectivity index (χ3v) is 7.06. The van der Waals surface area contributed by atoms with Crippen molar-refractivity contribution in [3.05, 3.63) is 75.9 Å². The van der Waals surface area contributed by atoms with Crippen molar-refractivity contribution in [2.45, 2.75) is 32.2 Å². The summed E-state index contributed by atoms with van der Waals surface area (Å²) in [4.78, 5) is 32.0. The molecule has 0 saturated carbocycles. The number of carbonyl (C=O) groups excluding carboxylic acids is 2. The molecule has 0 spiro atoms. The van der Waals surface area contributed by atoms with Gasteiger partial charge in [-0.05, 0) is 60.2 Å². The molecule has 4 rings (SSSR count). The lowest BCUT2D eigenvalue weighted by atomic mass is 10.0. The lowest BCUT2D eigenvalue weighted by Crippen LogP contribution is -2.43. The summed E-state index contributed by atoms with van der Waals surface area (Å²) in [5, 5.41) is 16.2. The van der Waals surface area contributed by atoms with E-state index < -0.39 is 0 Å². The van der Waals surface area contributed by atoms with E-state index in [9.17, 15) is 14.9 Å². The molecule has 3 heterocycles. The van der Waals surface area contributed by atoms with Gasteiger partial charge in [-0.1, -0.05) is 12.1 Å². The maximum absolute atomic E-state index is 12.7. The van der Waals surface area contributed by atoms with Gasteiger partial charge >= 0.3 is 6.03 Å². The van der Waals surface area contributed by atoms with Gasteiger partial charge in [0, 0.05) is 36.8 Å². The van der Waals surface area contributed by atoms with Crippen LogP contribution in [0.15, 0.2) is 48.8 Å². The van der Waals surface area contributed by atoms with Crippen LogP contribution in [-0.2, 0) is 30.6 Å². The number of carbonyl (C=O) groups is 2. The van der Waals surface area contributed by atoms with Crippen LogP contribution in [0, 0.1) is 11.3 Å². The molecule has 3 aromatic rings. The summed E-state index contributed by atoms with van der Waals surface area (Å²) in [5.41, 5.74) is 3.57. The van der Waals surface area contributed by atoms with Crippen molar-refractivity contribution in [2.75, 3.05) is 25.5 Å². The number of nitriles is 1. The predicted octanol–water partition coefficient (Wildman–Crippen LogP) is 3.91. The highest BCUT2D eigenvalue weighted by molar-refractivity contribution is 7.16. The SMILES string of the molecule is COc1cccc(CCC(=O)Nc2sc3c(c2C#N)CCN(C(=O)NCCc2ccncc2)C3)c1. The van der Waals surface area contributed by atoms with Crippen LogP contribution < -0.4 is 15.4 Å². The minimum Gasteiger partial charge on any atom is -0.497 e. The Labute approximate surface area is 208 Å². The Balaban J connectivity index is 1.33. The van der Waals surface area contributed by atoms with Gasteiger partial charge in [0.25, 0.3) is 0 Å². The number of fused-ring (bicyclic) bond motifs is 1. The van der Waals surface area contributed by atoms with E-state index in [1.54, 1.807) is 24.4 Å². The minimum absolute atomic E-state index is 0.125. The van der Waals surface area contributed by atoms with Crippen LogP contribution in [0.2, 0.25) is 0 Å². The van der Waals surface area contributed by atoms with E-state index >= 15 is 0 Å². The van der Waals surface area contributed by atoms with Crippen LogP contribution in [0.5, 0.6) is 5.75 Å². The Hall–Kier alpha value is -3.90. The van der Waals surface area contributed by atoms with Crippen LogP contribution in [0.1, 0.15) is 33.6 Å². The van der Waals surface area contributed by atoms with Gasteiger partial charge in [0.05, 0.1) is 19.2 Å². The van der Waals surface area contributed by atoms with Gasteiger partial charge in [-0.3, -0.25) is 9.78 Å². The molecule has 1 aliphatic rings. The number of methoxy groups -OCH3 is 1. The lowest BCUT2D eigenvalue weighted by Gasteiger charge is -2.27. The molecule has 3 amide bonds. The zero-order valence-electron chi connectivity index (χ0n) is 19.5. The Morgan fingerprint density at radius 3 is 2.80 bits per heavy atom. The number of urea groups is 1. The van der Waals surface area contributed by atoms with Crippen molar-refractivity contribution in [3.8, 4) is 11.8 Å². The zero-order chi connectivity index (χ0) is 24.6. The van der Waals surface area contributed by atoms with Gasteiger partial charge in [0.1, 0.15) is 16.8 Å². The Morgan fingerprint density at radius 2 is 2.03 bits per heavy atom. The predicted molar refractivity (Wildman–Crippen MR) is 134 cm³/mol. The number of pyridine rings is 1. The molecule has 180 valence electrons. The van der Waals surface area contributed by atoms with E-state index in [0.717, 1.165) is 33.7 Å². The molecule has 2 aromatic heterocycles. The molecule has 0 unspecified atom stereocenters. The number of aromatic nitrogens is 1. The second kappa shape index (κ2) is 11.5. The number of nitrogens with one attached hydrogen (secondary N) is 2. The molecule has 9 heteroatoms. The maximum atomic E-state index is 12.7. The van der Waals surface area contributed by atoms with Crippen LogP contribution in [0.4, 0.5) is 9.80 Å². The van der Waals surface area contributed by atoms with Gasteiger partial charge in [-0.25, -0.2) is 4.79 Å². The van der Waals surface area contributed by atoms with E-state index in [4.69, 9.17) is 4.74 Å². The molecule has 0 aliphatic carbocycles. The molecule has 0 saturated heterocycles. The molecule has 0 radical (unpaired) electrons. The van der Waals surface area contributed by atoms with Gasteiger partial charge in [-0.2, -0.15) is 5.26 Å². The van der Waals surface area contributed by atoms with Crippen LogP contribution in [0.25, 0.3) is 0 Å². The van der Waals surface area contributed by atoms with Crippen LogP contribution in [-0.4, -0.2) is 42.0 Å². The van der Waals surface area contributed by atoms with E-state index in [2.05, 4.69) is 21.7 Å². The first-order valence-electron chi connectivity index (χ1n) is 11.5. The number of anilines is 1. The molecule has 2 N–H and O–H groups in total. The third-order valence-electron chi connectivity index (χ3n) is 5.92. The van der Waals surface area contributed by atoms with Gasteiger partial charge in [-0.15, -0.1) is 11.3 Å². The number of ether oxygens (including phenoxy) is 1. The number of amides is 3. The molecule has 35 heavy (non-hydrogen) atoms. The highest BCUT2D eigenvalue weighted by Gasteiger charge is 2.27. The van der Waals surface area contributed by atoms with E-state index in [-0.39, 0.29) is 11.9 Å². The third kappa shape index (κ3) is 6.16. The molecule has 0 bridgehead atoms. The van der Waals surface area contributed by atoms with Crippen molar-refractivity contribution in [1.29, 1.82) is 5.26 Å². The summed E-state index contributed by atoms with van der Waals surface area (Å²) in [5.74, 6) is 0.611. The normalized spacial score (nSPS) is 12.4. The first-order valence-corrected chi connectivity index (χ1v) is 12.3. The molecule has 8 nitrogen and oxygen atoms in total. The quantitative estimate of drug-likeness (QED) is 0.499. The fraction of sp³-hybridized carbons (Fsp3) is 0.308. The largest absolute Gasteiger partial charge is 0.497 e. The van der Waals surface area contributed by atoms with Crippen molar-refractivity contribution in [2.24, 2.45) is 0 Å². The first kappa shape index (κ1) is 24.2. The first-order chi connectivity index (χ1) is 17.1. The van der Waals surface area contributed by atoms with Crippen LogP contribution >= 0.6 is 11.3 Å². The van der Waals surface area contributed by atoms with Crippen molar-refractivity contribution in [3.63, 3.8) is 0 Å². The summed E-state index contributed by atoms with van der Waals surface area (Å²) in [6.45, 7) is 1.49. The number of hydrogen-bond donors (Lipinski definition) is 2. The van der Waals surface area contributed by atoms with Crippen molar-refractivity contribution >= 4 is 28.3 Å². The summed E-state index contributed by atoms with van der Waals surface area (Å²) in [6.07, 6.45) is 5.67. The topological polar surface area (TPSA) is 107 Å². The number of aryl methyl sites for hydroxylation is 1. The number of rotatable bonds is 8. The summed E-state index contributed by atoms with van der Waals surface area (Å²) in [6, 6.07) is 13.6. The fourth-order valence-corrected chi connectivity index (χ4v) is 5.26. The highest BCUT2D eigenvalue weighted by Crippen LogP contribution is 2.36. The number of thiophene rings is 1. The summed E-state index contributed by atoms with van der Waals surface area (Å²) >= 11 is 1.38. The Morgan fingerprint density at radius 1 is 1.20 bits per heavy atom. The Kier molecular flexibility index (Phi) is 7.95. The van der Waals surface area contributed by atoms with E-state index in [1.807, 2.05) is 36.4 Å². The molecule has 1 aromatic carbocycles. The maximum Gasteiger partial charge on any atom is 0.317 e. The second-order valence-corrected chi connectivity index (χ2v) is 9.33. The molecule has 0 atom stereocenters. The average Bonchev–Trinajstić information content (AvgIpc) is 3.24. The second-order valence-electron chi connectivity index (χ2n) is 8.23. The standard InChI is InChI=1S/C26H27N5O3S/c1-34-20-4-2-3-19(15-20)5-6-24(32)30-25-22(16-27)21-10-14-31(17-23(21)35-25)26(33)29-13-9-18-7-11-28-12-8-18/h2-4,7-8,11-12,15H,5-6,9-10,13-14,17H2,1H3,(H,29,33)(H,30,32). The molecule has 1 aliphatic heterocycles. The lowest BCUT2D eigenvalue weighted by molar-refractivity contribution is -0.116. The fourth-order valence-electron chi connectivity index (χ4n) is 4.03. The van der Waals surface area contributed by atoms with E-state index in [0.29, 0.717) is 49.5 Å². The van der Waals surface area contributed by atoms with Gasteiger partial charge in [0.15, 0.2) is 0 Å². The number of benzene rings is 1. The molecular weight excluding hydrogens is 462 g/mol. The molecule has 0 fully saturated rings. The summed E-state index contributed by atoms with van der Waals surface area (Å²) < 4.78 is 5.23. The smallest absolute Gasteiger partial charge is 0.317 e. The molecular formula is C26H27N5O3S. The van der Waals surface area contributed by atoms with E-state index in [1.165, 1.54) is 11.3 Å². The van der Waals surface area contributed by atoms with Crippen molar-refractivity contribution < 1.29 is 14.3 Å². The summed E-state index contributed by atoms with van der Waals surface area (Å²) in [7, 11) is 1.61. The monoisotopic (exact) mass is 489 g/mol. The average molecular weight is 490 g/mol. The van der Waals surface area contributed by atoms with Gasteiger partial charge in [0.2, 0.25) is 5.91 Å². The Bertz CT molecular complexity index is 1240. The van der Waals surface area contributed by atoms with Crippen molar-refractivity contribution in [1.82, 2.24) is 15.2 Å². The van der Waals surface area contributed by atoms with Gasteiger partial charge < -0.3 is 20.3 Å².